The van der Waals surface area contributed by atoms with Crippen molar-refractivity contribution in [3.05, 3.63) is 17.0 Å². The maximum atomic E-state index is 12.4. The first-order chi connectivity index (χ1) is 9.61. The van der Waals surface area contributed by atoms with Crippen molar-refractivity contribution >= 4 is 21.8 Å². The molecule has 1 unspecified atom stereocenters. The minimum Gasteiger partial charge on any atom is -0.465 e. The van der Waals surface area contributed by atoms with Gasteiger partial charge in [-0.15, -0.1) is 0 Å². The molecular weight excluding hydrogens is 300 g/mol. The highest BCUT2D eigenvalue weighted by Gasteiger charge is 2.54. The number of carbonyl (C=O) groups excluding carboxylic acids is 2. The van der Waals surface area contributed by atoms with Gasteiger partial charge in [-0.05, 0) is 20.8 Å². The van der Waals surface area contributed by atoms with Crippen LogP contribution in [0.25, 0.3) is 0 Å². The van der Waals surface area contributed by atoms with Crippen molar-refractivity contribution in [3.8, 4) is 0 Å². The van der Waals surface area contributed by atoms with E-state index in [1.54, 1.807) is 0 Å². The number of nitrogens with zero attached hydrogens (tertiary/aromatic N) is 2. The third-order valence-electron chi connectivity index (χ3n) is 3.75. The average Bonchev–Trinajstić information content (AvgIpc) is 2.89. The van der Waals surface area contributed by atoms with E-state index in [9.17, 15) is 18.0 Å². The molecule has 1 aromatic rings. The van der Waals surface area contributed by atoms with Crippen molar-refractivity contribution in [2.45, 2.75) is 30.9 Å². The van der Waals surface area contributed by atoms with Gasteiger partial charge in [-0.2, -0.15) is 5.10 Å². The van der Waals surface area contributed by atoms with Gasteiger partial charge in [0.05, 0.1) is 19.9 Å². The van der Waals surface area contributed by atoms with Crippen molar-refractivity contribution in [1.82, 2.24) is 9.78 Å². The number of fused-ring (bicyclic) bond motifs is 1. The van der Waals surface area contributed by atoms with Crippen LogP contribution < -0.4 is 0 Å². The topological polar surface area (TPSA) is 105 Å². The van der Waals surface area contributed by atoms with E-state index in [1.807, 2.05) is 0 Å². The number of methoxy groups -OCH3 is 2. The Hall–Kier alpha value is -1.90. The number of hydrogen-bond acceptors (Lipinski definition) is 7. The summed E-state index contributed by atoms with van der Waals surface area (Å²) in [6.07, 6.45) is 0. The number of rotatable bonds is 2. The predicted octanol–water partition coefficient (Wildman–Crippen LogP) is 0.638. The fourth-order valence-electron chi connectivity index (χ4n) is 2.50. The SMILES string of the molecule is COC(=O)c1nn2c(c1C(=O)OC)C(C)(C)S(=O)(=O)C2C. The van der Waals surface area contributed by atoms with Crippen molar-refractivity contribution < 1.29 is 27.5 Å². The molecule has 2 heterocycles. The zero-order valence-electron chi connectivity index (χ0n) is 12.3. The number of hydrogen-bond donors (Lipinski definition) is 0. The molecule has 8 nitrogen and oxygen atoms in total. The first-order valence-corrected chi connectivity index (χ1v) is 7.69. The van der Waals surface area contributed by atoms with E-state index in [1.165, 1.54) is 25.5 Å². The van der Waals surface area contributed by atoms with E-state index >= 15 is 0 Å². The quantitative estimate of drug-likeness (QED) is 0.737. The van der Waals surface area contributed by atoms with Gasteiger partial charge >= 0.3 is 11.9 Å². The maximum absolute atomic E-state index is 12.4. The highest BCUT2D eigenvalue weighted by Crippen LogP contribution is 2.46. The second kappa shape index (κ2) is 4.55. The van der Waals surface area contributed by atoms with Crippen molar-refractivity contribution in [1.29, 1.82) is 0 Å². The first kappa shape index (κ1) is 15.5. The third-order valence-corrected chi connectivity index (χ3v) is 6.47. The molecule has 1 aliphatic rings. The lowest BCUT2D eigenvalue weighted by Crippen LogP contribution is -2.28. The fraction of sp³-hybridized carbons (Fsp3) is 0.583. The summed E-state index contributed by atoms with van der Waals surface area (Å²) in [5, 5.41) is 2.98. The highest BCUT2D eigenvalue weighted by atomic mass is 32.2. The number of aromatic nitrogens is 2. The molecule has 0 radical (unpaired) electrons. The third kappa shape index (κ3) is 1.80. The van der Waals surface area contributed by atoms with Crippen molar-refractivity contribution in [2.24, 2.45) is 0 Å². The fourth-order valence-corrected chi connectivity index (χ4v) is 4.24. The number of sulfone groups is 1. The lowest BCUT2D eigenvalue weighted by atomic mass is 10.0. The van der Waals surface area contributed by atoms with Crippen LogP contribution in [0.15, 0.2) is 0 Å². The van der Waals surface area contributed by atoms with Gasteiger partial charge in [0.1, 0.15) is 10.3 Å². The normalized spacial score (nSPS) is 21.7. The van der Waals surface area contributed by atoms with E-state index in [0.717, 1.165) is 14.2 Å². The number of carbonyl (C=O) groups is 2. The van der Waals surface area contributed by atoms with Crippen molar-refractivity contribution in [2.75, 3.05) is 14.2 Å². The Bertz CT molecular complexity index is 731. The molecule has 1 atom stereocenters. The van der Waals surface area contributed by atoms with Crippen LogP contribution in [0, 0.1) is 0 Å². The molecule has 116 valence electrons. The Kier molecular flexibility index (Phi) is 3.36. The molecule has 0 aliphatic carbocycles. The van der Waals surface area contributed by atoms with Crippen LogP contribution in [0.4, 0.5) is 0 Å². The molecule has 21 heavy (non-hydrogen) atoms. The second-order valence-electron chi connectivity index (χ2n) is 5.15. The summed E-state index contributed by atoms with van der Waals surface area (Å²) in [5.74, 6) is -1.65. The Balaban J connectivity index is 2.86. The Morgan fingerprint density at radius 2 is 1.71 bits per heavy atom. The molecular formula is C12H16N2O6S. The van der Waals surface area contributed by atoms with E-state index in [2.05, 4.69) is 14.6 Å². The number of esters is 2. The summed E-state index contributed by atoms with van der Waals surface area (Å²) >= 11 is 0. The van der Waals surface area contributed by atoms with E-state index in [0.29, 0.717) is 0 Å². The second-order valence-corrected chi connectivity index (χ2v) is 7.95. The molecule has 0 aromatic carbocycles. The van der Waals surface area contributed by atoms with Crippen LogP contribution in [-0.2, 0) is 24.1 Å². The lowest BCUT2D eigenvalue weighted by molar-refractivity contribution is 0.0550. The summed E-state index contributed by atoms with van der Waals surface area (Å²) in [7, 11) is -1.29. The van der Waals surface area contributed by atoms with Gasteiger partial charge in [-0.25, -0.2) is 22.7 Å². The smallest absolute Gasteiger partial charge is 0.359 e. The van der Waals surface area contributed by atoms with Crippen LogP contribution in [0.5, 0.6) is 0 Å². The van der Waals surface area contributed by atoms with Gasteiger partial charge in [0.25, 0.3) is 0 Å². The maximum Gasteiger partial charge on any atom is 0.359 e. The molecule has 0 N–H and O–H groups in total. The van der Waals surface area contributed by atoms with Gasteiger partial charge in [0, 0.05) is 0 Å². The summed E-state index contributed by atoms with van der Waals surface area (Å²) < 4.78 is 33.9. The first-order valence-electron chi connectivity index (χ1n) is 6.14. The minimum atomic E-state index is -3.59. The largest absolute Gasteiger partial charge is 0.465 e. The molecule has 9 heteroatoms. The van der Waals surface area contributed by atoms with Gasteiger partial charge in [0.2, 0.25) is 0 Å². The Labute approximate surface area is 121 Å². The van der Waals surface area contributed by atoms with Crippen LogP contribution in [0.2, 0.25) is 0 Å². The molecule has 2 rings (SSSR count). The van der Waals surface area contributed by atoms with Crippen LogP contribution in [-0.4, -0.2) is 44.4 Å². The van der Waals surface area contributed by atoms with Crippen LogP contribution in [0.3, 0.4) is 0 Å². The molecule has 0 fully saturated rings. The molecule has 1 aromatic heterocycles. The summed E-state index contributed by atoms with van der Waals surface area (Å²) in [5.41, 5.74) is -0.265. The summed E-state index contributed by atoms with van der Waals surface area (Å²) in [6.45, 7) is 4.38. The minimum absolute atomic E-state index is 0.141. The monoisotopic (exact) mass is 316 g/mol. The molecule has 0 spiro atoms. The van der Waals surface area contributed by atoms with E-state index in [4.69, 9.17) is 0 Å². The average molecular weight is 316 g/mol. The van der Waals surface area contributed by atoms with Gasteiger partial charge in [0.15, 0.2) is 20.9 Å². The standard InChI is InChI=1S/C12H16N2O6S/c1-6-14-9(12(2,3)21(6,17)18)7(10(15)19-4)8(13-14)11(16)20-5/h6H,1-5H3. The Morgan fingerprint density at radius 1 is 1.19 bits per heavy atom. The van der Waals surface area contributed by atoms with Gasteiger partial charge in [-0.1, -0.05) is 0 Å². The highest BCUT2D eigenvalue weighted by molar-refractivity contribution is 7.92. The molecule has 0 amide bonds. The molecule has 1 aliphatic heterocycles. The Morgan fingerprint density at radius 3 is 2.19 bits per heavy atom. The molecule has 0 saturated carbocycles. The van der Waals surface area contributed by atoms with E-state index in [-0.39, 0.29) is 17.0 Å². The van der Waals surface area contributed by atoms with Gasteiger partial charge in [-0.3, -0.25) is 0 Å². The van der Waals surface area contributed by atoms with Crippen LogP contribution in [0.1, 0.15) is 52.7 Å². The van der Waals surface area contributed by atoms with Gasteiger partial charge < -0.3 is 9.47 Å². The zero-order valence-corrected chi connectivity index (χ0v) is 13.1. The zero-order chi connectivity index (χ0) is 16.2. The molecule has 0 saturated heterocycles. The number of ether oxygens (including phenoxy) is 2. The summed E-state index contributed by atoms with van der Waals surface area (Å²) in [6, 6.07) is 0. The predicted molar refractivity (Wildman–Crippen MR) is 71.6 cm³/mol. The summed E-state index contributed by atoms with van der Waals surface area (Å²) in [4.78, 5) is 23.8. The molecule has 0 bridgehead atoms. The van der Waals surface area contributed by atoms with Crippen LogP contribution >= 0.6 is 0 Å². The van der Waals surface area contributed by atoms with Crippen molar-refractivity contribution in [3.63, 3.8) is 0 Å². The van der Waals surface area contributed by atoms with E-state index < -0.39 is 31.9 Å². The lowest BCUT2D eigenvalue weighted by Gasteiger charge is -2.18.